The van der Waals surface area contributed by atoms with Crippen molar-refractivity contribution in [3.8, 4) is 17.0 Å². The van der Waals surface area contributed by atoms with Gasteiger partial charge in [-0.25, -0.2) is 9.50 Å². The van der Waals surface area contributed by atoms with Gasteiger partial charge in [-0.1, -0.05) is 6.42 Å². The van der Waals surface area contributed by atoms with Crippen molar-refractivity contribution in [3.05, 3.63) is 47.8 Å². The number of nitrogens with one attached hydrogen (secondary N) is 1. The highest BCUT2D eigenvalue weighted by atomic mass is 16.5. The predicted octanol–water partition coefficient (Wildman–Crippen LogP) is 3.67. The van der Waals surface area contributed by atoms with E-state index in [1.807, 2.05) is 16.8 Å². The smallest absolute Gasteiger partial charge is 0.155 e. The molecule has 4 rings (SSSR count). The number of benzene rings is 1. The van der Waals surface area contributed by atoms with Gasteiger partial charge in [-0.05, 0) is 62.9 Å². The van der Waals surface area contributed by atoms with Crippen LogP contribution in [0, 0.1) is 0 Å². The molecule has 0 saturated heterocycles. The van der Waals surface area contributed by atoms with Crippen LogP contribution in [0.3, 0.4) is 0 Å². The van der Waals surface area contributed by atoms with E-state index >= 15 is 0 Å². The zero-order chi connectivity index (χ0) is 19.9. The van der Waals surface area contributed by atoms with E-state index < -0.39 is 0 Å². The number of methoxy groups -OCH3 is 1. The maximum atomic E-state index is 5.90. The molecule has 154 valence electrons. The zero-order valence-corrected chi connectivity index (χ0v) is 17.2. The lowest BCUT2D eigenvalue weighted by atomic mass is 10.0. The minimum Gasteiger partial charge on any atom is -0.494 e. The highest BCUT2D eigenvalue weighted by Gasteiger charge is 2.19. The molecule has 0 amide bonds. The first-order valence-electron chi connectivity index (χ1n) is 10.6. The quantitative estimate of drug-likeness (QED) is 0.443. The number of fused-ring (bicyclic) bond motifs is 2. The Kier molecular flexibility index (Phi) is 6.75. The normalized spacial score (nSPS) is 14.0. The van der Waals surface area contributed by atoms with Crippen LogP contribution in [0.15, 0.2) is 36.5 Å². The second-order valence-electron chi connectivity index (χ2n) is 7.52. The number of hydrogen-bond acceptors (Lipinski definition) is 5. The summed E-state index contributed by atoms with van der Waals surface area (Å²) in [6.45, 7) is 3.25. The molecule has 0 unspecified atom stereocenters. The summed E-state index contributed by atoms with van der Waals surface area (Å²) in [6, 6.07) is 10.4. The average Bonchev–Trinajstić information content (AvgIpc) is 3.08. The van der Waals surface area contributed by atoms with Gasteiger partial charge < -0.3 is 14.8 Å². The topological polar surface area (TPSA) is 60.7 Å². The first-order chi connectivity index (χ1) is 14.4. The number of ether oxygens (including phenoxy) is 2. The van der Waals surface area contributed by atoms with Crippen LogP contribution >= 0.6 is 0 Å². The molecular formula is C23H30N4O2. The van der Waals surface area contributed by atoms with E-state index in [1.165, 1.54) is 41.8 Å². The van der Waals surface area contributed by atoms with E-state index in [-0.39, 0.29) is 0 Å². The lowest BCUT2D eigenvalue weighted by Gasteiger charge is -2.15. The Hall–Kier alpha value is -2.44. The van der Waals surface area contributed by atoms with Crippen molar-refractivity contribution in [1.29, 1.82) is 0 Å². The van der Waals surface area contributed by atoms with Crippen molar-refractivity contribution < 1.29 is 9.47 Å². The van der Waals surface area contributed by atoms with Gasteiger partial charge in [-0.2, -0.15) is 5.10 Å². The molecule has 2 aromatic heterocycles. The van der Waals surface area contributed by atoms with Gasteiger partial charge in [0.05, 0.1) is 25.1 Å². The van der Waals surface area contributed by atoms with Crippen LogP contribution in [-0.4, -0.2) is 48.0 Å². The van der Waals surface area contributed by atoms with Crippen molar-refractivity contribution in [2.45, 2.75) is 38.5 Å². The summed E-state index contributed by atoms with van der Waals surface area (Å²) in [7, 11) is 1.72. The average molecular weight is 395 g/mol. The van der Waals surface area contributed by atoms with Gasteiger partial charge >= 0.3 is 0 Å². The lowest BCUT2D eigenvalue weighted by molar-refractivity contribution is 0.198. The van der Waals surface area contributed by atoms with Crippen molar-refractivity contribution >= 4 is 5.65 Å². The first kappa shape index (κ1) is 19.9. The lowest BCUT2D eigenvalue weighted by Crippen LogP contribution is -2.21. The second kappa shape index (κ2) is 9.85. The van der Waals surface area contributed by atoms with Gasteiger partial charge in [0.2, 0.25) is 0 Å². The molecule has 0 spiro atoms. The second-order valence-corrected chi connectivity index (χ2v) is 7.52. The van der Waals surface area contributed by atoms with Gasteiger partial charge in [-0.15, -0.1) is 0 Å². The van der Waals surface area contributed by atoms with Gasteiger partial charge in [0.1, 0.15) is 5.75 Å². The summed E-state index contributed by atoms with van der Waals surface area (Å²) < 4.78 is 12.9. The molecule has 6 heteroatoms. The Labute approximate surface area is 172 Å². The van der Waals surface area contributed by atoms with E-state index in [1.54, 1.807) is 7.11 Å². The molecule has 0 saturated carbocycles. The molecule has 0 bridgehead atoms. The van der Waals surface area contributed by atoms with Crippen LogP contribution in [0.2, 0.25) is 0 Å². The highest BCUT2D eigenvalue weighted by molar-refractivity contribution is 5.68. The van der Waals surface area contributed by atoms with Crippen LogP contribution in [0.25, 0.3) is 16.9 Å². The van der Waals surface area contributed by atoms with Crippen LogP contribution < -0.4 is 10.1 Å². The van der Waals surface area contributed by atoms with Crippen LogP contribution in [-0.2, 0) is 17.6 Å². The van der Waals surface area contributed by atoms with Crippen molar-refractivity contribution in [2.75, 3.05) is 33.4 Å². The molecule has 2 heterocycles. The Balaban J connectivity index is 1.47. The van der Waals surface area contributed by atoms with Crippen LogP contribution in [0.1, 0.15) is 36.9 Å². The third-order valence-electron chi connectivity index (χ3n) is 5.44. The minimum atomic E-state index is 0.702. The van der Waals surface area contributed by atoms with Gasteiger partial charge in [0.25, 0.3) is 0 Å². The highest BCUT2D eigenvalue weighted by Crippen LogP contribution is 2.31. The van der Waals surface area contributed by atoms with E-state index in [4.69, 9.17) is 14.5 Å². The summed E-state index contributed by atoms with van der Waals surface area (Å²) in [5.74, 6) is 0.905. The molecule has 1 aliphatic carbocycles. The standard InChI is InChI=1S/C23H30N4O2/c1-28-17-15-24-13-5-16-29-19-10-8-18(9-11-19)23-20-6-3-2-4-7-21(20)26-22-12-14-25-27(22)23/h8-12,14,24H,2-7,13,15-17H2,1H3. The summed E-state index contributed by atoms with van der Waals surface area (Å²) in [5.41, 5.74) is 5.89. The third kappa shape index (κ3) is 4.77. The SMILES string of the molecule is COCCNCCCOc1ccc(-c2c3c(nc4ccnn24)CCCCC3)cc1. The Morgan fingerprint density at radius 1 is 1.00 bits per heavy atom. The summed E-state index contributed by atoms with van der Waals surface area (Å²) in [4.78, 5) is 4.88. The monoisotopic (exact) mass is 394 g/mol. The zero-order valence-electron chi connectivity index (χ0n) is 17.2. The van der Waals surface area contributed by atoms with E-state index in [9.17, 15) is 0 Å². The molecule has 29 heavy (non-hydrogen) atoms. The molecule has 1 N–H and O–H groups in total. The van der Waals surface area contributed by atoms with E-state index in [2.05, 4.69) is 34.7 Å². The number of nitrogens with zero attached hydrogens (tertiary/aromatic N) is 3. The molecule has 0 fully saturated rings. The summed E-state index contributed by atoms with van der Waals surface area (Å²) in [5, 5.41) is 7.89. The van der Waals surface area contributed by atoms with Crippen LogP contribution in [0.5, 0.6) is 5.75 Å². The van der Waals surface area contributed by atoms with E-state index in [0.717, 1.165) is 50.4 Å². The predicted molar refractivity (Wildman–Crippen MR) is 115 cm³/mol. The molecule has 0 aliphatic heterocycles. The Morgan fingerprint density at radius 3 is 2.72 bits per heavy atom. The number of aromatic nitrogens is 3. The number of hydrogen-bond donors (Lipinski definition) is 1. The Bertz CT molecular complexity index is 921. The molecule has 0 radical (unpaired) electrons. The van der Waals surface area contributed by atoms with Crippen LogP contribution in [0.4, 0.5) is 0 Å². The Morgan fingerprint density at radius 2 is 1.86 bits per heavy atom. The maximum Gasteiger partial charge on any atom is 0.155 e. The molecule has 0 atom stereocenters. The largest absolute Gasteiger partial charge is 0.494 e. The fraction of sp³-hybridized carbons (Fsp3) is 0.478. The van der Waals surface area contributed by atoms with Gasteiger partial charge in [-0.3, -0.25) is 0 Å². The fourth-order valence-corrected chi connectivity index (χ4v) is 3.96. The number of aryl methyl sites for hydroxylation is 1. The molecule has 1 aliphatic rings. The molecule has 3 aromatic rings. The minimum absolute atomic E-state index is 0.702. The van der Waals surface area contributed by atoms with Gasteiger partial charge in [0.15, 0.2) is 5.65 Å². The number of rotatable bonds is 9. The molecular weight excluding hydrogens is 364 g/mol. The van der Waals surface area contributed by atoms with Gasteiger partial charge in [0, 0.05) is 36.5 Å². The van der Waals surface area contributed by atoms with Crippen molar-refractivity contribution in [3.63, 3.8) is 0 Å². The molecule has 1 aromatic carbocycles. The summed E-state index contributed by atoms with van der Waals surface area (Å²) in [6.07, 6.45) is 8.64. The first-order valence-corrected chi connectivity index (χ1v) is 10.6. The summed E-state index contributed by atoms with van der Waals surface area (Å²) >= 11 is 0. The molecule has 6 nitrogen and oxygen atoms in total. The van der Waals surface area contributed by atoms with E-state index in [0.29, 0.717) is 6.61 Å². The van der Waals surface area contributed by atoms with Crippen molar-refractivity contribution in [1.82, 2.24) is 19.9 Å². The maximum absolute atomic E-state index is 5.90. The fourth-order valence-electron chi connectivity index (χ4n) is 3.96. The third-order valence-corrected chi connectivity index (χ3v) is 5.44. The van der Waals surface area contributed by atoms with Crippen molar-refractivity contribution in [2.24, 2.45) is 0 Å².